The molecule has 0 aromatic carbocycles. The minimum Gasteiger partial charge on any atom is -0.443 e. The summed E-state index contributed by atoms with van der Waals surface area (Å²) in [5, 5.41) is 6.73. The lowest BCUT2D eigenvalue weighted by Gasteiger charge is -2.35. The van der Waals surface area contributed by atoms with Crippen LogP contribution in [-0.4, -0.2) is 48.6 Å². The van der Waals surface area contributed by atoms with E-state index in [1.54, 1.807) is 0 Å². The summed E-state index contributed by atoms with van der Waals surface area (Å²) in [6, 6.07) is 0. The molecule has 1 fully saturated rings. The zero-order valence-electron chi connectivity index (χ0n) is 18.1. The van der Waals surface area contributed by atoms with Crippen molar-refractivity contribution < 1.29 is 4.42 Å². The number of oxazole rings is 1. The van der Waals surface area contributed by atoms with E-state index in [1.165, 1.54) is 19.5 Å². The Labute approximate surface area is 165 Å². The van der Waals surface area contributed by atoms with Crippen LogP contribution in [0.15, 0.2) is 15.6 Å². The van der Waals surface area contributed by atoms with E-state index >= 15 is 0 Å². The highest BCUT2D eigenvalue weighted by atomic mass is 16.4. The molecular weight excluding hydrogens is 338 g/mol. The Morgan fingerprint density at radius 3 is 2.56 bits per heavy atom. The standard InChI is InChI=1S/C21H39N5O/c1-7-22-20(25-13-19-24-12-18(27-19)21(4,5)6)23-9-8-10-26-14-16(2)11-17(3)15-26/h12,16-17H,7-11,13-15H2,1-6H3,(H2,22,23,25). The van der Waals surface area contributed by atoms with Gasteiger partial charge in [-0.15, -0.1) is 0 Å². The fraction of sp³-hybridized carbons (Fsp3) is 0.810. The van der Waals surface area contributed by atoms with E-state index in [0.29, 0.717) is 12.4 Å². The number of hydrogen-bond acceptors (Lipinski definition) is 4. The third-order valence-corrected chi connectivity index (χ3v) is 4.90. The lowest BCUT2D eigenvalue weighted by Crippen LogP contribution is -2.41. The maximum atomic E-state index is 5.82. The van der Waals surface area contributed by atoms with Gasteiger partial charge in [0, 0.05) is 31.6 Å². The molecule has 0 bridgehead atoms. The molecule has 2 heterocycles. The first-order valence-electron chi connectivity index (χ1n) is 10.5. The van der Waals surface area contributed by atoms with Crippen LogP contribution in [0, 0.1) is 11.8 Å². The fourth-order valence-electron chi connectivity index (χ4n) is 3.70. The summed E-state index contributed by atoms with van der Waals surface area (Å²) >= 11 is 0. The Balaban J connectivity index is 1.77. The Kier molecular flexibility index (Phi) is 8.14. The third-order valence-electron chi connectivity index (χ3n) is 4.90. The number of nitrogens with zero attached hydrogens (tertiary/aromatic N) is 3. The number of guanidine groups is 1. The van der Waals surface area contributed by atoms with Gasteiger partial charge in [-0.3, -0.25) is 0 Å². The minimum absolute atomic E-state index is 0.0266. The molecule has 1 aliphatic heterocycles. The molecule has 2 N–H and O–H groups in total. The molecule has 2 rings (SSSR count). The van der Waals surface area contributed by atoms with Crippen molar-refractivity contribution in [1.82, 2.24) is 20.5 Å². The number of piperidine rings is 1. The number of nitrogens with one attached hydrogen (secondary N) is 2. The number of hydrogen-bond donors (Lipinski definition) is 2. The number of aliphatic imine (C=N–C) groups is 1. The van der Waals surface area contributed by atoms with Crippen LogP contribution in [0.3, 0.4) is 0 Å². The van der Waals surface area contributed by atoms with Gasteiger partial charge in [0.1, 0.15) is 12.3 Å². The minimum atomic E-state index is -0.0266. The monoisotopic (exact) mass is 377 g/mol. The molecule has 0 spiro atoms. The van der Waals surface area contributed by atoms with Gasteiger partial charge in [0.05, 0.1) is 6.20 Å². The molecule has 2 atom stereocenters. The first kappa shape index (κ1) is 21.7. The molecule has 2 unspecified atom stereocenters. The average Bonchev–Trinajstić information content (AvgIpc) is 3.05. The molecule has 1 saturated heterocycles. The fourth-order valence-corrected chi connectivity index (χ4v) is 3.70. The first-order chi connectivity index (χ1) is 12.8. The van der Waals surface area contributed by atoms with Crippen LogP contribution in [0.4, 0.5) is 0 Å². The summed E-state index contributed by atoms with van der Waals surface area (Å²) < 4.78 is 5.82. The van der Waals surface area contributed by atoms with Crippen LogP contribution in [0.2, 0.25) is 0 Å². The van der Waals surface area contributed by atoms with Crippen molar-refractivity contribution in [1.29, 1.82) is 0 Å². The molecule has 0 saturated carbocycles. The summed E-state index contributed by atoms with van der Waals surface area (Å²) in [6.45, 7) is 19.0. The molecule has 0 radical (unpaired) electrons. The quantitative estimate of drug-likeness (QED) is 0.433. The van der Waals surface area contributed by atoms with Crippen molar-refractivity contribution >= 4 is 5.96 Å². The summed E-state index contributed by atoms with van der Waals surface area (Å²) in [6.07, 6.45) is 4.30. The lowest BCUT2D eigenvalue weighted by atomic mass is 9.92. The van der Waals surface area contributed by atoms with Gasteiger partial charge in [0.2, 0.25) is 5.89 Å². The van der Waals surface area contributed by atoms with Crippen LogP contribution in [0.25, 0.3) is 0 Å². The topological polar surface area (TPSA) is 65.7 Å². The molecule has 1 aliphatic rings. The second-order valence-electron chi connectivity index (χ2n) is 9.05. The van der Waals surface area contributed by atoms with Crippen molar-refractivity contribution in [3.8, 4) is 0 Å². The zero-order chi connectivity index (χ0) is 19.9. The van der Waals surface area contributed by atoms with Gasteiger partial charge in [-0.05, 0) is 38.1 Å². The van der Waals surface area contributed by atoms with Crippen molar-refractivity contribution in [2.75, 3.05) is 32.7 Å². The predicted octanol–water partition coefficient (Wildman–Crippen LogP) is 3.40. The van der Waals surface area contributed by atoms with E-state index in [2.05, 4.69) is 67.1 Å². The number of aromatic nitrogens is 1. The van der Waals surface area contributed by atoms with Gasteiger partial charge in [-0.2, -0.15) is 0 Å². The first-order valence-corrected chi connectivity index (χ1v) is 10.5. The zero-order valence-corrected chi connectivity index (χ0v) is 18.1. The second-order valence-corrected chi connectivity index (χ2v) is 9.05. The van der Waals surface area contributed by atoms with Crippen LogP contribution in [-0.2, 0) is 12.0 Å². The van der Waals surface area contributed by atoms with Crippen LogP contribution >= 0.6 is 0 Å². The van der Waals surface area contributed by atoms with E-state index < -0.39 is 0 Å². The molecule has 1 aromatic rings. The highest BCUT2D eigenvalue weighted by Crippen LogP contribution is 2.23. The SMILES string of the molecule is CCNC(=NCc1ncc(C(C)(C)C)o1)NCCCN1CC(C)CC(C)C1. The van der Waals surface area contributed by atoms with E-state index in [-0.39, 0.29) is 5.41 Å². The highest BCUT2D eigenvalue weighted by Gasteiger charge is 2.21. The molecule has 6 heteroatoms. The van der Waals surface area contributed by atoms with Gasteiger partial charge in [0.15, 0.2) is 5.96 Å². The molecule has 6 nitrogen and oxygen atoms in total. The average molecular weight is 378 g/mol. The van der Waals surface area contributed by atoms with Crippen LogP contribution in [0.1, 0.15) is 66.0 Å². The molecule has 154 valence electrons. The summed E-state index contributed by atoms with van der Waals surface area (Å²) in [4.78, 5) is 11.6. The van der Waals surface area contributed by atoms with Gasteiger partial charge < -0.3 is 20.0 Å². The molecule has 0 amide bonds. The molecular formula is C21H39N5O. The third kappa shape index (κ3) is 7.53. The van der Waals surface area contributed by atoms with Gasteiger partial charge in [-0.25, -0.2) is 9.98 Å². The largest absolute Gasteiger partial charge is 0.443 e. The van der Waals surface area contributed by atoms with E-state index in [0.717, 1.165) is 49.6 Å². The second kappa shape index (κ2) is 10.1. The van der Waals surface area contributed by atoms with Gasteiger partial charge in [0.25, 0.3) is 0 Å². The van der Waals surface area contributed by atoms with Gasteiger partial charge >= 0.3 is 0 Å². The van der Waals surface area contributed by atoms with Crippen molar-refractivity contribution in [2.45, 2.75) is 66.3 Å². The molecule has 27 heavy (non-hydrogen) atoms. The maximum absolute atomic E-state index is 5.82. The normalized spacial score (nSPS) is 22.1. The molecule has 0 aliphatic carbocycles. The maximum Gasteiger partial charge on any atom is 0.216 e. The van der Waals surface area contributed by atoms with Crippen molar-refractivity contribution in [3.05, 3.63) is 17.8 Å². The van der Waals surface area contributed by atoms with E-state index in [4.69, 9.17) is 4.42 Å². The van der Waals surface area contributed by atoms with Crippen LogP contribution < -0.4 is 10.6 Å². The van der Waals surface area contributed by atoms with Crippen LogP contribution in [0.5, 0.6) is 0 Å². The summed E-state index contributed by atoms with van der Waals surface area (Å²) in [7, 11) is 0. The summed E-state index contributed by atoms with van der Waals surface area (Å²) in [5.74, 6) is 4.02. The van der Waals surface area contributed by atoms with E-state index in [9.17, 15) is 0 Å². The summed E-state index contributed by atoms with van der Waals surface area (Å²) in [5.41, 5.74) is -0.0266. The lowest BCUT2D eigenvalue weighted by molar-refractivity contribution is 0.140. The smallest absolute Gasteiger partial charge is 0.216 e. The number of likely N-dealkylation sites (tertiary alicyclic amines) is 1. The Morgan fingerprint density at radius 1 is 1.26 bits per heavy atom. The predicted molar refractivity (Wildman–Crippen MR) is 112 cm³/mol. The van der Waals surface area contributed by atoms with Gasteiger partial charge in [-0.1, -0.05) is 34.6 Å². The van der Waals surface area contributed by atoms with Crippen molar-refractivity contribution in [2.24, 2.45) is 16.8 Å². The number of rotatable bonds is 7. The van der Waals surface area contributed by atoms with Crippen molar-refractivity contribution in [3.63, 3.8) is 0 Å². The Bertz CT molecular complexity index is 580. The highest BCUT2D eigenvalue weighted by molar-refractivity contribution is 5.79. The Morgan fingerprint density at radius 2 is 1.96 bits per heavy atom. The molecule has 1 aromatic heterocycles. The Hall–Kier alpha value is -1.56. The van der Waals surface area contributed by atoms with E-state index in [1.807, 2.05) is 6.20 Å².